The van der Waals surface area contributed by atoms with Crippen molar-refractivity contribution < 1.29 is 55.3 Å². The molecule has 1 aromatic rings. The second-order valence-corrected chi connectivity index (χ2v) is 10.9. The van der Waals surface area contributed by atoms with Crippen LogP contribution in [0.2, 0.25) is 0 Å². The molecule has 1 aliphatic carbocycles. The minimum Gasteiger partial charge on any atom is -0.480 e. The van der Waals surface area contributed by atoms with Gasteiger partial charge >= 0.3 is 18.3 Å². The minimum absolute atomic E-state index is 0.113. The molecular formula is C26H32F6N4O6. The number of halogens is 6. The average Bonchev–Trinajstić information content (AvgIpc) is 3.65. The Balaban J connectivity index is 0.000000616. The molecule has 2 aliphatic heterocycles. The van der Waals surface area contributed by atoms with Crippen molar-refractivity contribution in [3.05, 3.63) is 29.8 Å². The summed E-state index contributed by atoms with van der Waals surface area (Å²) in [5, 5.41) is 9.93. The van der Waals surface area contributed by atoms with E-state index in [1.54, 1.807) is 25.3 Å². The molecule has 10 nitrogen and oxygen atoms in total. The maximum atomic E-state index is 13.4. The topological polar surface area (TPSA) is 144 Å². The molecule has 0 saturated heterocycles. The number of nitrogens with one attached hydrogen (secondary N) is 1. The average molecular weight is 611 g/mol. The highest BCUT2D eigenvalue weighted by Crippen LogP contribution is 2.47. The number of fused-ring (bicyclic) bond motifs is 1. The van der Waals surface area contributed by atoms with Crippen LogP contribution < -0.4 is 15.8 Å². The van der Waals surface area contributed by atoms with Crippen LogP contribution in [0.4, 0.5) is 26.3 Å². The third-order valence-corrected chi connectivity index (χ3v) is 7.07. The van der Waals surface area contributed by atoms with Crippen molar-refractivity contribution in [2.75, 3.05) is 13.7 Å². The number of carboxylic acid groups (broad SMARTS) is 1. The SMILES string of the molecule is COCCC([C@@H]1C[C@H]1C(=O)N[C@@H]1C[C@H](C(F)(F)F)Oc2ccccc21)N1C(=O)CC(C)(C)N=C1N.O=C(O)C(F)(F)F. The lowest BCUT2D eigenvalue weighted by Gasteiger charge is -2.38. The number of ether oxygens (including phenoxy) is 2. The van der Waals surface area contributed by atoms with Gasteiger partial charge in [0.25, 0.3) is 0 Å². The van der Waals surface area contributed by atoms with E-state index < -0.39 is 48.3 Å². The summed E-state index contributed by atoms with van der Waals surface area (Å²) in [5.74, 6) is -3.69. The first kappa shape index (κ1) is 32.9. The Kier molecular flexibility index (Phi) is 9.69. The largest absolute Gasteiger partial charge is 0.490 e. The number of aliphatic carboxylic acids is 1. The lowest BCUT2D eigenvalue weighted by molar-refractivity contribution is -0.201. The summed E-state index contributed by atoms with van der Waals surface area (Å²) < 4.78 is 82.4. The Morgan fingerprint density at radius 3 is 2.38 bits per heavy atom. The molecule has 0 aromatic heterocycles. The Hall–Kier alpha value is -3.56. The lowest BCUT2D eigenvalue weighted by Crippen LogP contribution is -2.55. The van der Waals surface area contributed by atoms with Crippen molar-refractivity contribution in [2.45, 2.75) is 75.6 Å². The Morgan fingerprint density at radius 1 is 1.21 bits per heavy atom. The molecule has 0 spiro atoms. The molecule has 5 atom stereocenters. The van der Waals surface area contributed by atoms with Crippen LogP contribution in [-0.4, -0.2) is 77.5 Å². The number of nitrogens with zero attached hydrogens (tertiary/aromatic N) is 2. The second-order valence-electron chi connectivity index (χ2n) is 10.9. The van der Waals surface area contributed by atoms with Crippen molar-refractivity contribution in [2.24, 2.45) is 22.6 Å². The quantitative estimate of drug-likeness (QED) is 0.401. The number of nitrogens with two attached hydrogens (primary N) is 1. The summed E-state index contributed by atoms with van der Waals surface area (Å²) >= 11 is 0. The van der Waals surface area contributed by atoms with E-state index in [0.29, 0.717) is 25.0 Å². The number of carboxylic acids is 1. The first-order valence-corrected chi connectivity index (χ1v) is 12.9. The van der Waals surface area contributed by atoms with Crippen LogP contribution in [0.15, 0.2) is 29.3 Å². The van der Waals surface area contributed by atoms with Gasteiger partial charge in [-0.25, -0.2) is 9.79 Å². The van der Waals surface area contributed by atoms with Crippen molar-refractivity contribution in [3.63, 3.8) is 0 Å². The molecule has 4 rings (SSSR count). The number of hydrogen-bond donors (Lipinski definition) is 3. The van der Waals surface area contributed by atoms with Gasteiger partial charge in [0.05, 0.1) is 18.0 Å². The van der Waals surface area contributed by atoms with Crippen LogP contribution in [0.5, 0.6) is 5.75 Å². The summed E-state index contributed by atoms with van der Waals surface area (Å²) in [6, 6.07) is 5.20. The highest BCUT2D eigenvalue weighted by Gasteiger charge is 2.53. The number of guanidine groups is 1. The third kappa shape index (κ3) is 8.04. The molecule has 42 heavy (non-hydrogen) atoms. The molecule has 1 aromatic carbocycles. The van der Waals surface area contributed by atoms with Gasteiger partial charge in [0.15, 0.2) is 12.1 Å². The number of hydrogen-bond acceptors (Lipinski definition) is 7. The zero-order valence-electron chi connectivity index (χ0n) is 23.0. The number of carbonyl (C=O) groups is 3. The molecule has 0 radical (unpaired) electrons. The van der Waals surface area contributed by atoms with Crippen molar-refractivity contribution in [1.29, 1.82) is 0 Å². The van der Waals surface area contributed by atoms with Crippen molar-refractivity contribution in [3.8, 4) is 5.75 Å². The zero-order chi connectivity index (χ0) is 31.6. The van der Waals surface area contributed by atoms with E-state index >= 15 is 0 Å². The zero-order valence-corrected chi connectivity index (χ0v) is 23.0. The number of methoxy groups -OCH3 is 1. The molecule has 3 aliphatic rings. The number of alkyl halides is 6. The summed E-state index contributed by atoms with van der Waals surface area (Å²) in [6.07, 6.45) is -10.9. The van der Waals surface area contributed by atoms with Gasteiger partial charge in [-0.15, -0.1) is 0 Å². The van der Waals surface area contributed by atoms with Crippen LogP contribution in [0.25, 0.3) is 0 Å². The van der Waals surface area contributed by atoms with Gasteiger partial charge in [0.2, 0.25) is 11.8 Å². The molecule has 2 heterocycles. The van der Waals surface area contributed by atoms with E-state index in [2.05, 4.69) is 10.3 Å². The smallest absolute Gasteiger partial charge is 0.480 e. The van der Waals surface area contributed by atoms with E-state index in [9.17, 15) is 35.9 Å². The predicted octanol–water partition coefficient (Wildman–Crippen LogP) is 3.56. The first-order chi connectivity index (χ1) is 19.4. The fourth-order valence-corrected chi connectivity index (χ4v) is 5.09. The van der Waals surface area contributed by atoms with E-state index in [4.69, 9.17) is 25.1 Å². The summed E-state index contributed by atoms with van der Waals surface area (Å²) in [7, 11) is 1.55. The second kappa shape index (κ2) is 12.4. The Labute approximate surface area is 237 Å². The van der Waals surface area contributed by atoms with Gasteiger partial charge in [0.1, 0.15) is 5.75 Å². The molecule has 16 heteroatoms. The molecule has 2 amide bonds. The van der Waals surface area contributed by atoms with Gasteiger partial charge in [-0.1, -0.05) is 18.2 Å². The van der Waals surface area contributed by atoms with Gasteiger partial charge in [-0.3, -0.25) is 14.5 Å². The first-order valence-electron chi connectivity index (χ1n) is 12.9. The third-order valence-electron chi connectivity index (χ3n) is 7.07. The summed E-state index contributed by atoms with van der Waals surface area (Å²) in [4.78, 5) is 40.9. The fourth-order valence-electron chi connectivity index (χ4n) is 5.09. The molecular weight excluding hydrogens is 578 g/mol. The lowest BCUT2D eigenvalue weighted by atomic mass is 9.95. The van der Waals surface area contributed by atoms with E-state index in [1.807, 2.05) is 13.8 Å². The van der Waals surface area contributed by atoms with E-state index in [1.165, 1.54) is 11.0 Å². The molecule has 1 fully saturated rings. The number of aliphatic imine (C=N–C) groups is 1. The molecule has 4 N–H and O–H groups in total. The molecule has 0 bridgehead atoms. The number of amides is 2. The monoisotopic (exact) mass is 610 g/mol. The van der Waals surface area contributed by atoms with Gasteiger partial charge in [-0.05, 0) is 38.7 Å². The number of rotatable bonds is 7. The van der Waals surface area contributed by atoms with E-state index in [-0.39, 0.29) is 41.9 Å². The van der Waals surface area contributed by atoms with Gasteiger partial charge < -0.3 is 25.6 Å². The van der Waals surface area contributed by atoms with Crippen LogP contribution >= 0.6 is 0 Å². The van der Waals surface area contributed by atoms with Crippen LogP contribution in [0.1, 0.15) is 51.1 Å². The Morgan fingerprint density at radius 2 is 1.83 bits per heavy atom. The molecule has 1 saturated carbocycles. The summed E-state index contributed by atoms with van der Waals surface area (Å²) in [5.41, 5.74) is 6.07. The van der Waals surface area contributed by atoms with Gasteiger partial charge in [0, 0.05) is 37.7 Å². The molecule has 1 unspecified atom stereocenters. The van der Waals surface area contributed by atoms with Crippen molar-refractivity contribution >= 4 is 23.7 Å². The highest BCUT2D eigenvalue weighted by molar-refractivity contribution is 5.99. The van der Waals surface area contributed by atoms with Crippen LogP contribution in [-0.2, 0) is 19.1 Å². The van der Waals surface area contributed by atoms with Gasteiger partial charge in [-0.2, -0.15) is 26.3 Å². The maximum absolute atomic E-state index is 13.4. The van der Waals surface area contributed by atoms with E-state index in [0.717, 1.165) is 0 Å². The standard InChI is InChI=1S/C24H31F3N4O4.C2HF3O2/c1-23(2)12-20(32)31(22(28)30-23)17(8-9-34-3)14-10-15(14)21(33)29-16-11-19(24(25,26)27)35-18-7-5-4-6-13(16)18;3-2(4,5)1(6)7/h4-7,14-17,19H,8-12H2,1-3H3,(H2,28,30)(H,29,33);(H,6,7)/t14-,15-,16-,17?,19-;/m1./s1. The Bertz CT molecular complexity index is 1200. The normalized spacial score (nSPS) is 25.6. The number of para-hydroxylation sites is 1. The van der Waals surface area contributed by atoms with Crippen molar-refractivity contribution in [1.82, 2.24) is 10.2 Å². The van der Waals surface area contributed by atoms with Crippen LogP contribution in [0.3, 0.4) is 0 Å². The number of carbonyl (C=O) groups excluding carboxylic acids is 2. The fraction of sp³-hybridized carbons (Fsp3) is 0.615. The predicted molar refractivity (Wildman–Crippen MR) is 135 cm³/mol. The maximum Gasteiger partial charge on any atom is 0.490 e. The minimum atomic E-state index is -5.08. The number of benzene rings is 1. The summed E-state index contributed by atoms with van der Waals surface area (Å²) in [6.45, 7) is 4.01. The van der Waals surface area contributed by atoms with Crippen LogP contribution in [0, 0.1) is 11.8 Å². The highest BCUT2D eigenvalue weighted by atomic mass is 19.4. The molecule has 234 valence electrons.